The zero-order valence-electron chi connectivity index (χ0n) is 18.8. The molecule has 0 atom stereocenters. The molecule has 30 heavy (non-hydrogen) atoms. The number of morpholine rings is 1. The highest BCUT2D eigenvalue weighted by atomic mass is 127. The number of carbonyl (C=O) groups excluding carboxylic acids is 1. The van der Waals surface area contributed by atoms with Crippen LogP contribution in [0.15, 0.2) is 29.3 Å². The molecule has 1 heterocycles. The second kappa shape index (κ2) is 13.8. The van der Waals surface area contributed by atoms with Crippen LogP contribution < -0.4 is 16.0 Å². The number of ether oxygens (including phenoxy) is 1. The van der Waals surface area contributed by atoms with E-state index in [-0.39, 0.29) is 35.4 Å². The van der Waals surface area contributed by atoms with Gasteiger partial charge in [0.2, 0.25) is 0 Å². The van der Waals surface area contributed by atoms with Crippen LogP contribution in [-0.2, 0) is 11.3 Å². The van der Waals surface area contributed by atoms with E-state index in [0.717, 1.165) is 57.3 Å². The molecule has 7 nitrogen and oxygen atoms in total. The lowest BCUT2D eigenvalue weighted by Crippen LogP contribution is -2.56. The molecule has 1 aliphatic rings. The summed E-state index contributed by atoms with van der Waals surface area (Å²) in [5.41, 5.74) is 1.70. The Morgan fingerprint density at radius 3 is 2.57 bits per heavy atom. The minimum absolute atomic E-state index is 0. The molecule has 1 aromatic carbocycles. The third-order valence-electron chi connectivity index (χ3n) is 5.04. The summed E-state index contributed by atoms with van der Waals surface area (Å²) in [5, 5.41) is 9.70. The van der Waals surface area contributed by atoms with Crippen molar-refractivity contribution >= 4 is 35.8 Å². The minimum atomic E-state index is -0.0324. The SMILES string of the molecule is CCCNC(=O)c1cccc(CN=C(NCC)NCC(C)(C)N2CCOCC2)c1.I. The summed E-state index contributed by atoms with van der Waals surface area (Å²) < 4.78 is 5.47. The monoisotopic (exact) mass is 531 g/mol. The van der Waals surface area contributed by atoms with Gasteiger partial charge in [-0.15, -0.1) is 24.0 Å². The predicted molar refractivity (Wildman–Crippen MR) is 134 cm³/mol. The van der Waals surface area contributed by atoms with E-state index in [9.17, 15) is 4.79 Å². The summed E-state index contributed by atoms with van der Waals surface area (Å²) in [6, 6.07) is 7.66. The number of amides is 1. The minimum Gasteiger partial charge on any atom is -0.379 e. The molecule has 1 aliphatic heterocycles. The maximum absolute atomic E-state index is 12.2. The highest BCUT2D eigenvalue weighted by molar-refractivity contribution is 14.0. The quantitative estimate of drug-likeness (QED) is 0.260. The van der Waals surface area contributed by atoms with Gasteiger partial charge in [-0.3, -0.25) is 9.69 Å². The van der Waals surface area contributed by atoms with Crippen LogP contribution in [0.3, 0.4) is 0 Å². The topological polar surface area (TPSA) is 78.0 Å². The number of carbonyl (C=O) groups is 1. The lowest BCUT2D eigenvalue weighted by Gasteiger charge is -2.41. The van der Waals surface area contributed by atoms with Crippen molar-refractivity contribution in [3.8, 4) is 0 Å². The number of benzene rings is 1. The lowest BCUT2D eigenvalue weighted by molar-refractivity contribution is -0.00834. The Bertz CT molecular complexity index is 675. The Labute approximate surface area is 198 Å². The van der Waals surface area contributed by atoms with Crippen molar-refractivity contribution in [2.45, 2.75) is 46.2 Å². The van der Waals surface area contributed by atoms with E-state index >= 15 is 0 Å². The average Bonchev–Trinajstić information content (AvgIpc) is 2.75. The van der Waals surface area contributed by atoms with Gasteiger partial charge in [-0.25, -0.2) is 4.99 Å². The maximum Gasteiger partial charge on any atom is 0.251 e. The number of nitrogens with zero attached hydrogens (tertiary/aromatic N) is 2. The van der Waals surface area contributed by atoms with E-state index in [1.54, 1.807) is 0 Å². The van der Waals surface area contributed by atoms with Crippen LogP contribution in [0.1, 0.15) is 50.0 Å². The number of guanidine groups is 1. The van der Waals surface area contributed by atoms with Crippen LogP contribution in [0.25, 0.3) is 0 Å². The highest BCUT2D eigenvalue weighted by Crippen LogP contribution is 2.15. The van der Waals surface area contributed by atoms with E-state index < -0.39 is 0 Å². The van der Waals surface area contributed by atoms with Gasteiger partial charge >= 0.3 is 0 Å². The predicted octanol–water partition coefficient (Wildman–Crippen LogP) is 2.61. The van der Waals surface area contributed by atoms with Gasteiger partial charge in [0.25, 0.3) is 5.91 Å². The normalized spacial score (nSPS) is 15.3. The van der Waals surface area contributed by atoms with Crippen molar-refractivity contribution in [3.05, 3.63) is 35.4 Å². The maximum atomic E-state index is 12.2. The third-order valence-corrected chi connectivity index (χ3v) is 5.04. The molecule has 0 radical (unpaired) electrons. The number of rotatable bonds is 9. The molecule has 8 heteroatoms. The average molecular weight is 531 g/mol. The van der Waals surface area contributed by atoms with Gasteiger partial charge in [0.15, 0.2) is 5.96 Å². The Balaban J connectivity index is 0.00000450. The first-order valence-electron chi connectivity index (χ1n) is 10.7. The van der Waals surface area contributed by atoms with Crippen LogP contribution in [0.5, 0.6) is 0 Å². The molecule has 0 bridgehead atoms. The highest BCUT2D eigenvalue weighted by Gasteiger charge is 2.28. The summed E-state index contributed by atoms with van der Waals surface area (Å²) in [7, 11) is 0. The van der Waals surface area contributed by atoms with Crippen molar-refractivity contribution in [2.75, 3.05) is 45.9 Å². The van der Waals surface area contributed by atoms with Crippen molar-refractivity contribution in [2.24, 2.45) is 4.99 Å². The summed E-state index contributed by atoms with van der Waals surface area (Å²) in [5.74, 6) is 0.754. The molecule has 1 aromatic rings. The van der Waals surface area contributed by atoms with Gasteiger partial charge in [-0.05, 0) is 44.9 Å². The molecule has 1 saturated heterocycles. The van der Waals surface area contributed by atoms with E-state index in [1.807, 2.05) is 31.2 Å². The second-order valence-corrected chi connectivity index (χ2v) is 7.92. The van der Waals surface area contributed by atoms with Crippen molar-refractivity contribution in [1.82, 2.24) is 20.9 Å². The molecular weight excluding hydrogens is 493 g/mol. The smallest absolute Gasteiger partial charge is 0.251 e. The largest absolute Gasteiger partial charge is 0.379 e. The van der Waals surface area contributed by atoms with Crippen LogP contribution in [-0.4, -0.2) is 68.2 Å². The fourth-order valence-corrected chi connectivity index (χ4v) is 3.24. The van der Waals surface area contributed by atoms with Crippen LogP contribution in [0.2, 0.25) is 0 Å². The van der Waals surface area contributed by atoms with Gasteiger partial charge in [-0.1, -0.05) is 19.1 Å². The fourth-order valence-electron chi connectivity index (χ4n) is 3.24. The molecule has 1 fully saturated rings. The molecule has 3 N–H and O–H groups in total. The van der Waals surface area contributed by atoms with E-state index in [4.69, 9.17) is 9.73 Å². The number of hydrogen-bond donors (Lipinski definition) is 3. The van der Waals surface area contributed by atoms with E-state index in [1.165, 1.54) is 0 Å². The second-order valence-electron chi connectivity index (χ2n) is 7.92. The first kappa shape index (κ1) is 26.6. The van der Waals surface area contributed by atoms with Crippen LogP contribution in [0, 0.1) is 0 Å². The van der Waals surface area contributed by atoms with Gasteiger partial charge in [-0.2, -0.15) is 0 Å². The molecule has 0 unspecified atom stereocenters. The molecule has 0 spiro atoms. The molecule has 0 aliphatic carbocycles. The van der Waals surface area contributed by atoms with Gasteiger partial charge in [0.05, 0.1) is 19.8 Å². The van der Waals surface area contributed by atoms with Gasteiger partial charge in [0.1, 0.15) is 0 Å². The van der Waals surface area contributed by atoms with Crippen molar-refractivity contribution in [1.29, 1.82) is 0 Å². The fraction of sp³-hybridized carbons (Fsp3) is 0.636. The summed E-state index contributed by atoms with van der Waals surface area (Å²) in [6.07, 6.45) is 0.925. The number of halogens is 1. The molecule has 1 amide bonds. The number of hydrogen-bond acceptors (Lipinski definition) is 4. The summed E-state index contributed by atoms with van der Waals surface area (Å²) >= 11 is 0. The van der Waals surface area contributed by atoms with Crippen LogP contribution >= 0.6 is 24.0 Å². The molecular formula is C22H38IN5O2. The molecule has 0 saturated carbocycles. The van der Waals surface area contributed by atoms with Crippen molar-refractivity contribution in [3.63, 3.8) is 0 Å². The Morgan fingerprint density at radius 1 is 1.17 bits per heavy atom. The van der Waals surface area contributed by atoms with Gasteiger partial charge < -0.3 is 20.7 Å². The Hall–Kier alpha value is -1.39. The first-order valence-corrected chi connectivity index (χ1v) is 10.7. The zero-order chi connectivity index (χ0) is 21.1. The number of aliphatic imine (C=N–C) groups is 1. The lowest BCUT2D eigenvalue weighted by atomic mass is 10.0. The first-order chi connectivity index (χ1) is 14.0. The summed E-state index contributed by atoms with van der Waals surface area (Å²) in [4.78, 5) is 19.3. The Kier molecular flexibility index (Phi) is 12.3. The molecule has 0 aromatic heterocycles. The van der Waals surface area contributed by atoms with E-state index in [0.29, 0.717) is 18.7 Å². The third kappa shape index (κ3) is 8.77. The van der Waals surface area contributed by atoms with Crippen molar-refractivity contribution < 1.29 is 9.53 Å². The molecule has 2 rings (SSSR count). The van der Waals surface area contributed by atoms with Gasteiger partial charge in [0, 0.05) is 43.8 Å². The van der Waals surface area contributed by atoms with Crippen LogP contribution in [0.4, 0.5) is 0 Å². The standard InChI is InChI=1S/C22H37N5O2.HI/c1-5-10-24-20(28)19-9-7-8-18(15-19)16-25-21(23-6-2)26-17-22(3,4)27-11-13-29-14-12-27;/h7-9,15H,5-6,10-14,16-17H2,1-4H3,(H,24,28)(H2,23,25,26);1H. The Morgan fingerprint density at radius 2 is 1.90 bits per heavy atom. The number of nitrogens with one attached hydrogen (secondary N) is 3. The summed E-state index contributed by atoms with van der Waals surface area (Å²) in [6.45, 7) is 14.9. The molecule has 170 valence electrons. The zero-order valence-corrected chi connectivity index (χ0v) is 21.1. The van der Waals surface area contributed by atoms with E-state index in [2.05, 4.69) is 41.6 Å².